The fraction of sp³-hybridized carbons (Fsp3) is 0.333. The van der Waals surface area contributed by atoms with Crippen molar-refractivity contribution in [3.05, 3.63) is 54.1 Å². The van der Waals surface area contributed by atoms with Crippen molar-refractivity contribution >= 4 is 10.8 Å². The molecule has 1 atom stereocenters. The molecule has 0 saturated carbocycles. The Hall–Kier alpha value is -1.80. The third-order valence-electron chi connectivity index (χ3n) is 3.65. The monoisotopic (exact) mass is 269 g/mol. The molecule has 2 heteroatoms. The zero-order valence-corrected chi connectivity index (χ0v) is 12.6. The summed E-state index contributed by atoms with van der Waals surface area (Å²) in [5.74, 6) is 0.903. The van der Waals surface area contributed by atoms with Crippen LogP contribution in [0.15, 0.2) is 48.6 Å². The van der Waals surface area contributed by atoms with E-state index in [9.17, 15) is 0 Å². The number of likely N-dealkylation sites (N-methyl/N-ethyl adjacent to an activating group) is 1. The van der Waals surface area contributed by atoms with E-state index in [2.05, 4.69) is 56.1 Å². The summed E-state index contributed by atoms with van der Waals surface area (Å²) in [6.45, 7) is 9.26. The van der Waals surface area contributed by atoms with Crippen molar-refractivity contribution in [2.75, 3.05) is 13.7 Å². The Morgan fingerprint density at radius 2 is 2.10 bits per heavy atom. The van der Waals surface area contributed by atoms with Gasteiger partial charge in [0.15, 0.2) is 0 Å². The van der Waals surface area contributed by atoms with Gasteiger partial charge >= 0.3 is 0 Å². The van der Waals surface area contributed by atoms with Gasteiger partial charge in [-0.3, -0.25) is 0 Å². The van der Waals surface area contributed by atoms with Crippen molar-refractivity contribution in [1.82, 2.24) is 5.32 Å². The van der Waals surface area contributed by atoms with Crippen LogP contribution in [0.4, 0.5) is 0 Å². The molecule has 0 amide bonds. The summed E-state index contributed by atoms with van der Waals surface area (Å²) in [5.41, 5.74) is 2.50. The second kappa shape index (κ2) is 6.58. The summed E-state index contributed by atoms with van der Waals surface area (Å²) >= 11 is 0. The van der Waals surface area contributed by atoms with E-state index in [0.717, 1.165) is 18.7 Å². The zero-order chi connectivity index (χ0) is 14.5. The SMILES string of the molecule is C=C(C)C(Cc1cccc2ccc(OC)cc12)NCC. The normalized spacial score (nSPS) is 12.3. The van der Waals surface area contributed by atoms with Gasteiger partial charge in [0.1, 0.15) is 5.75 Å². The molecule has 1 unspecified atom stereocenters. The summed E-state index contributed by atoms with van der Waals surface area (Å²) in [6.07, 6.45) is 0.952. The standard InChI is InChI=1S/C18H23NO/c1-5-19-18(13(2)3)11-15-8-6-7-14-9-10-16(20-4)12-17(14)15/h6-10,12,18-19H,2,5,11H2,1,3-4H3. The largest absolute Gasteiger partial charge is 0.497 e. The van der Waals surface area contributed by atoms with Crippen molar-refractivity contribution in [1.29, 1.82) is 0 Å². The highest BCUT2D eigenvalue weighted by atomic mass is 16.5. The van der Waals surface area contributed by atoms with Crippen molar-refractivity contribution in [2.24, 2.45) is 0 Å². The van der Waals surface area contributed by atoms with E-state index in [1.807, 2.05) is 6.07 Å². The molecular weight excluding hydrogens is 246 g/mol. The first-order valence-corrected chi connectivity index (χ1v) is 7.10. The number of benzene rings is 2. The maximum atomic E-state index is 5.34. The van der Waals surface area contributed by atoms with Crippen LogP contribution in [0.25, 0.3) is 10.8 Å². The van der Waals surface area contributed by atoms with Gasteiger partial charge in [-0.15, -0.1) is 0 Å². The van der Waals surface area contributed by atoms with Gasteiger partial charge in [0.25, 0.3) is 0 Å². The average Bonchev–Trinajstić information content (AvgIpc) is 2.46. The number of rotatable bonds is 6. The van der Waals surface area contributed by atoms with Crippen LogP contribution in [0, 0.1) is 0 Å². The predicted octanol–water partition coefficient (Wildman–Crippen LogP) is 3.95. The Labute approximate surface area is 121 Å². The molecule has 2 aromatic carbocycles. The second-order valence-electron chi connectivity index (χ2n) is 5.16. The molecule has 0 saturated heterocycles. The van der Waals surface area contributed by atoms with E-state index >= 15 is 0 Å². The molecule has 2 aromatic rings. The number of hydrogen-bond acceptors (Lipinski definition) is 2. The van der Waals surface area contributed by atoms with Crippen LogP contribution in [0.5, 0.6) is 5.75 Å². The number of methoxy groups -OCH3 is 1. The molecule has 0 aromatic heterocycles. The number of hydrogen-bond donors (Lipinski definition) is 1. The van der Waals surface area contributed by atoms with Crippen LogP contribution in [-0.2, 0) is 6.42 Å². The average molecular weight is 269 g/mol. The second-order valence-corrected chi connectivity index (χ2v) is 5.16. The molecule has 2 nitrogen and oxygen atoms in total. The third-order valence-corrected chi connectivity index (χ3v) is 3.65. The van der Waals surface area contributed by atoms with Crippen LogP contribution >= 0.6 is 0 Å². The Morgan fingerprint density at radius 1 is 1.30 bits per heavy atom. The summed E-state index contributed by atoms with van der Waals surface area (Å²) in [5, 5.41) is 6.00. The van der Waals surface area contributed by atoms with Crippen LogP contribution in [0.2, 0.25) is 0 Å². The minimum absolute atomic E-state index is 0.316. The molecule has 0 aliphatic carbocycles. The van der Waals surface area contributed by atoms with Gasteiger partial charge in [0, 0.05) is 6.04 Å². The van der Waals surface area contributed by atoms with Crippen LogP contribution in [0.1, 0.15) is 19.4 Å². The van der Waals surface area contributed by atoms with Gasteiger partial charge in [-0.25, -0.2) is 0 Å². The molecule has 0 spiro atoms. The molecule has 0 fully saturated rings. The first kappa shape index (κ1) is 14.6. The first-order chi connectivity index (χ1) is 9.65. The maximum absolute atomic E-state index is 5.34. The van der Waals surface area contributed by atoms with E-state index in [1.54, 1.807) is 7.11 Å². The van der Waals surface area contributed by atoms with Crippen molar-refractivity contribution in [3.63, 3.8) is 0 Å². The van der Waals surface area contributed by atoms with Gasteiger partial charge in [0.2, 0.25) is 0 Å². The lowest BCUT2D eigenvalue weighted by Crippen LogP contribution is -2.31. The smallest absolute Gasteiger partial charge is 0.119 e. The Kier molecular flexibility index (Phi) is 4.80. The lowest BCUT2D eigenvalue weighted by molar-refractivity contribution is 0.415. The molecular formula is C18H23NO. The summed E-state index contributed by atoms with van der Waals surface area (Å²) < 4.78 is 5.34. The Balaban J connectivity index is 2.39. The van der Waals surface area contributed by atoms with E-state index in [-0.39, 0.29) is 0 Å². The number of ether oxygens (including phenoxy) is 1. The molecule has 0 heterocycles. The molecule has 106 valence electrons. The molecule has 20 heavy (non-hydrogen) atoms. The quantitative estimate of drug-likeness (QED) is 0.802. The Morgan fingerprint density at radius 3 is 2.75 bits per heavy atom. The fourth-order valence-electron chi connectivity index (χ4n) is 2.51. The topological polar surface area (TPSA) is 21.3 Å². The van der Waals surface area contributed by atoms with Crippen LogP contribution in [0.3, 0.4) is 0 Å². The predicted molar refractivity (Wildman–Crippen MR) is 86.5 cm³/mol. The molecule has 1 N–H and O–H groups in total. The van der Waals surface area contributed by atoms with E-state index in [0.29, 0.717) is 6.04 Å². The van der Waals surface area contributed by atoms with Crippen molar-refractivity contribution in [2.45, 2.75) is 26.3 Å². The summed E-state index contributed by atoms with van der Waals surface area (Å²) in [7, 11) is 1.71. The maximum Gasteiger partial charge on any atom is 0.119 e. The van der Waals surface area contributed by atoms with Gasteiger partial charge in [-0.2, -0.15) is 0 Å². The number of fused-ring (bicyclic) bond motifs is 1. The molecule has 2 rings (SSSR count). The number of nitrogens with one attached hydrogen (secondary N) is 1. The highest BCUT2D eigenvalue weighted by Crippen LogP contribution is 2.25. The minimum atomic E-state index is 0.316. The fourth-order valence-corrected chi connectivity index (χ4v) is 2.51. The van der Waals surface area contributed by atoms with Gasteiger partial charge in [0.05, 0.1) is 7.11 Å². The highest BCUT2D eigenvalue weighted by Gasteiger charge is 2.11. The molecule has 0 aliphatic heterocycles. The molecule has 0 aliphatic rings. The van der Waals surface area contributed by atoms with E-state index in [4.69, 9.17) is 4.74 Å². The Bertz CT molecular complexity index is 603. The van der Waals surface area contributed by atoms with Crippen molar-refractivity contribution < 1.29 is 4.74 Å². The first-order valence-electron chi connectivity index (χ1n) is 7.10. The summed E-state index contributed by atoms with van der Waals surface area (Å²) in [4.78, 5) is 0. The van der Waals surface area contributed by atoms with Crippen LogP contribution in [-0.4, -0.2) is 19.7 Å². The van der Waals surface area contributed by atoms with Crippen molar-refractivity contribution in [3.8, 4) is 5.75 Å². The lowest BCUT2D eigenvalue weighted by Gasteiger charge is -2.19. The lowest BCUT2D eigenvalue weighted by atomic mass is 9.96. The molecule has 0 radical (unpaired) electrons. The molecule has 0 bridgehead atoms. The summed E-state index contributed by atoms with van der Waals surface area (Å²) in [6, 6.07) is 13.0. The van der Waals surface area contributed by atoms with Gasteiger partial charge in [-0.05, 0) is 48.4 Å². The van der Waals surface area contributed by atoms with E-state index < -0.39 is 0 Å². The third kappa shape index (κ3) is 3.20. The minimum Gasteiger partial charge on any atom is -0.497 e. The van der Waals surface area contributed by atoms with E-state index in [1.165, 1.54) is 21.9 Å². The zero-order valence-electron chi connectivity index (χ0n) is 12.6. The van der Waals surface area contributed by atoms with Crippen LogP contribution < -0.4 is 10.1 Å². The van der Waals surface area contributed by atoms with Gasteiger partial charge in [-0.1, -0.05) is 43.3 Å². The van der Waals surface area contributed by atoms with Gasteiger partial charge < -0.3 is 10.1 Å². The highest BCUT2D eigenvalue weighted by molar-refractivity contribution is 5.87.